The van der Waals surface area contributed by atoms with Crippen LogP contribution in [0.3, 0.4) is 0 Å². The second-order valence-electron chi connectivity index (χ2n) is 8.46. The molecule has 0 bridgehead atoms. The van der Waals surface area contributed by atoms with Gasteiger partial charge >= 0.3 is 0 Å². The Hall–Kier alpha value is -4.52. The van der Waals surface area contributed by atoms with Gasteiger partial charge in [-0.2, -0.15) is 0 Å². The summed E-state index contributed by atoms with van der Waals surface area (Å²) in [6.07, 6.45) is 7.85. The summed E-state index contributed by atoms with van der Waals surface area (Å²) in [6, 6.07) is 21.5. The van der Waals surface area contributed by atoms with Crippen molar-refractivity contribution in [3.8, 4) is 11.4 Å². The van der Waals surface area contributed by atoms with Crippen LogP contribution in [0.4, 0.5) is 28.7 Å². The molecule has 5 aromatic rings. The molecule has 7 nitrogen and oxygen atoms in total. The molecule has 0 atom stereocenters. The summed E-state index contributed by atoms with van der Waals surface area (Å²) >= 11 is 0. The van der Waals surface area contributed by atoms with E-state index in [1.807, 2.05) is 72.9 Å². The van der Waals surface area contributed by atoms with Crippen molar-refractivity contribution >= 4 is 39.6 Å². The highest BCUT2D eigenvalue weighted by Crippen LogP contribution is 2.44. The summed E-state index contributed by atoms with van der Waals surface area (Å²) in [5, 5.41) is 7.84. The van der Waals surface area contributed by atoms with Gasteiger partial charge in [-0.15, -0.1) is 0 Å². The van der Waals surface area contributed by atoms with Gasteiger partial charge in [0.25, 0.3) is 0 Å². The van der Waals surface area contributed by atoms with E-state index in [9.17, 15) is 0 Å². The Morgan fingerprint density at radius 3 is 2.50 bits per heavy atom. The Balaban J connectivity index is 1.45. The Morgan fingerprint density at radius 2 is 1.68 bits per heavy atom. The van der Waals surface area contributed by atoms with E-state index in [0.717, 1.165) is 39.5 Å². The van der Waals surface area contributed by atoms with E-state index >= 15 is 0 Å². The quantitative estimate of drug-likeness (QED) is 0.274. The topological polar surface area (TPSA) is 102 Å². The highest BCUT2D eigenvalue weighted by Gasteiger charge is 2.28. The van der Waals surface area contributed by atoms with Crippen LogP contribution in [0.5, 0.6) is 0 Å². The molecule has 0 unspecified atom stereocenters. The lowest BCUT2D eigenvalue weighted by molar-refractivity contribution is 1.10. The van der Waals surface area contributed by atoms with E-state index in [4.69, 9.17) is 15.7 Å². The number of rotatable bonds is 6. The molecule has 0 saturated heterocycles. The van der Waals surface area contributed by atoms with E-state index < -0.39 is 0 Å². The number of aromatic nitrogens is 4. The van der Waals surface area contributed by atoms with Crippen molar-refractivity contribution in [2.24, 2.45) is 0 Å². The molecule has 0 radical (unpaired) electrons. The summed E-state index contributed by atoms with van der Waals surface area (Å²) in [7, 11) is 0. The third-order valence-corrected chi connectivity index (χ3v) is 5.87. The fourth-order valence-electron chi connectivity index (χ4n) is 4.09. The lowest BCUT2D eigenvalue weighted by Gasteiger charge is -2.14. The number of anilines is 5. The Labute approximate surface area is 197 Å². The van der Waals surface area contributed by atoms with Gasteiger partial charge in [-0.25, -0.2) is 15.0 Å². The van der Waals surface area contributed by atoms with Crippen molar-refractivity contribution < 1.29 is 0 Å². The van der Waals surface area contributed by atoms with Crippen molar-refractivity contribution in [1.29, 1.82) is 0 Å². The first-order chi connectivity index (χ1) is 16.7. The van der Waals surface area contributed by atoms with Gasteiger partial charge in [0, 0.05) is 40.4 Å². The minimum absolute atomic E-state index is 0.509. The smallest absolute Gasteiger partial charge is 0.162 e. The molecule has 2 aromatic carbocycles. The van der Waals surface area contributed by atoms with E-state index in [0.29, 0.717) is 17.4 Å². The molecule has 0 spiro atoms. The SMILES string of the molecule is Nc1cccc(Nc2nc(-c3ccnc(Nc4ccccc4)c3)nc3cncc(C4CC4)c23)c1. The Morgan fingerprint density at radius 1 is 0.824 bits per heavy atom. The van der Waals surface area contributed by atoms with Crippen LogP contribution >= 0.6 is 0 Å². The molecule has 0 amide bonds. The molecule has 34 heavy (non-hydrogen) atoms. The molecule has 166 valence electrons. The summed E-state index contributed by atoms with van der Waals surface area (Å²) in [5.74, 6) is 2.59. The van der Waals surface area contributed by atoms with Gasteiger partial charge in [-0.05, 0) is 66.8 Å². The third kappa shape index (κ3) is 4.11. The van der Waals surface area contributed by atoms with Crippen LogP contribution in [0.25, 0.3) is 22.3 Å². The van der Waals surface area contributed by atoms with Gasteiger partial charge in [0.15, 0.2) is 5.82 Å². The van der Waals surface area contributed by atoms with Crippen molar-refractivity contribution in [2.45, 2.75) is 18.8 Å². The first kappa shape index (κ1) is 20.1. The zero-order chi connectivity index (χ0) is 22.9. The predicted molar refractivity (Wildman–Crippen MR) is 136 cm³/mol. The Bertz CT molecular complexity index is 1480. The second kappa shape index (κ2) is 8.44. The average Bonchev–Trinajstić information content (AvgIpc) is 3.70. The molecule has 1 aliphatic rings. The average molecular weight is 446 g/mol. The molecule has 0 aliphatic heterocycles. The van der Waals surface area contributed by atoms with E-state index in [-0.39, 0.29) is 0 Å². The number of hydrogen-bond donors (Lipinski definition) is 3. The molecular weight excluding hydrogens is 422 g/mol. The minimum atomic E-state index is 0.509. The summed E-state index contributed by atoms with van der Waals surface area (Å²) < 4.78 is 0. The molecule has 1 saturated carbocycles. The molecule has 7 heteroatoms. The Kier molecular flexibility index (Phi) is 4.99. The maximum absolute atomic E-state index is 6.02. The van der Waals surface area contributed by atoms with Gasteiger partial charge in [-0.1, -0.05) is 24.3 Å². The molecular formula is C27H23N7. The van der Waals surface area contributed by atoms with Gasteiger partial charge in [-0.3, -0.25) is 4.98 Å². The first-order valence-electron chi connectivity index (χ1n) is 11.3. The zero-order valence-electron chi connectivity index (χ0n) is 18.4. The number of nitrogens with zero attached hydrogens (tertiary/aromatic N) is 4. The van der Waals surface area contributed by atoms with Crippen LogP contribution < -0.4 is 16.4 Å². The van der Waals surface area contributed by atoms with Crippen molar-refractivity contribution in [3.63, 3.8) is 0 Å². The number of nitrogens with two attached hydrogens (primary N) is 1. The second-order valence-corrected chi connectivity index (χ2v) is 8.46. The monoisotopic (exact) mass is 445 g/mol. The summed E-state index contributed by atoms with van der Waals surface area (Å²) in [4.78, 5) is 18.8. The largest absolute Gasteiger partial charge is 0.399 e. The molecule has 3 aromatic heterocycles. The van der Waals surface area contributed by atoms with Crippen LogP contribution in [0, 0.1) is 0 Å². The number of nitrogens with one attached hydrogen (secondary N) is 2. The van der Waals surface area contributed by atoms with Crippen LogP contribution in [0.2, 0.25) is 0 Å². The van der Waals surface area contributed by atoms with Gasteiger partial charge < -0.3 is 16.4 Å². The number of nitrogen functional groups attached to an aromatic ring is 1. The number of benzene rings is 2. The molecule has 4 N–H and O–H groups in total. The van der Waals surface area contributed by atoms with Crippen LogP contribution in [-0.2, 0) is 0 Å². The van der Waals surface area contributed by atoms with Crippen LogP contribution in [0.1, 0.15) is 24.3 Å². The molecule has 3 heterocycles. The normalized spacial score (nSPS) is 13.1. The lowest BCUT2D eigenvalue weighted by atomic mass is 10.1. The highest BCUT2D eigenvalue weighted by molar-refractivity contribution is 5.95. The van der Waals surface area contributed by atoms with Crippen molar-refractivity contribution in [2.75, 3.05) is 16.4 Å². The van der Waals surface area contributed by atoms with Crippen LogP contribution in [0.15, 0.2) is 85.3 Å². The highest BCUT2D eigenvalue weighted by atomic mass is 15.0. The first-order valence-corrected chi connectivity index (χ1v) is 11.3. The fraction of sp³-hybridized carbons (Fsp3) is 0.111. The summed E-state index contributed by atoms with van der Waals surface area (Å²) in [5.41, 5.74) is 11.4. The third-order valence-electron chi connectivity index (χ3n) is 5.87. The predicted octanol–water partition coefficient (Wildman–Crippen LogP) is 6.03. The standard InChI is InChI=1S/C27H23N7/c28-19-5-4-8-21(14-19)32-27-25-22(17-9-10-17)15-29-16-23(25)33-26(34-27)18-11-12-30-24(13-18)31-20-6-2-1-3-7-20/h1-8,11-17H,9-10,28H2,(H,30,31)(H,32,33,34). The molecule has 6 rings (SSSR count). The van der Waals surface area contributed by atoms with Crippen molar-refractivity contribution in [1.82, 2.24) is 19.9 Å². The maximum Gasteiger partial charge on any atom is 0.162 e. The molecule has 1 fully saturated rings. The molecule has 1 aliphatic carbocycles. The van der Waals surface area contributed by atoms with E-state index in [1.54, 1.807) is 12.4 Å². The van der Waals surface area contributed by atoms with Gasteiger partial charge in [0.2, 0.25) is 0 Å². The lowest BCUT2D eigenvalue weighted by Crippen LogP contribution is -2.03. The number of hydrogen-bond acceptors (Lipinski definition) is 7. The van der Waals surface area contributed by atoms with E-state index in [2.05, 4.69) is 20.6 Å². The number of fused-ring (bicyclic) bond motifs is 1. The minimum Gasteiger partial charge on any atom is -0.399 e. The zero-order valence-corrected chi connectivity index (χ0v) is 18.4. The van der Waals surface area contributed by atoms with Crippen LogP contribution in [-0.4, -0.2) is 19.9 Å². The van der Waals surface area contributed by atoms with Gasteiger partial charge in [0.05, 0.1) is 11.7 Å². The number of para-hydroxylation sites is 1. The summed E-state index contributed by atoms with van der Waals surface area (Å²) in [6.45, 7) is 0. The fourth-order valence-corrected chi connectivity index (χ4v) is 4.09. The maximum atomic E-state index is 6.02. The number of pyridine rings is 2. The van der Waals surface area contributed by atoms with Crippen molar-refractivity contribution in [3.05, 3.63) is 90.9 Å². The van der Waals surface area contributed by atoms with E-state index in [1.165, 1.54) is 18.4 Å². The van der Waals surface area contributed by atoms with Gasteiger partial charge in [0.1, 0.15) is 11.6 Å².